The Balaban J connectivity index is 2.01. The number of carbonyl (C=O) groups excluding carboxylic acids is 1. The van der Waals surface area contributed by atoms with Crippen molar-refractivity contribution in [1.29, 1.82) is 0 Å². The largest absolute Gasteiger partial charge is 0.467 e. The number of furan rings is 1. The summed E-state index contributed by atoms with van der Waals surface area (Å²) in [7, 11) is 0. The van der Waals surface area contributed by atoms with Gasteiger partial charge in [-0.2, -0.15) is 0 Å². The Bertz CT molecular complexity index is 386. The van der Waals surface area contributed by atoms with Gasteiger partial charge >= 0.3 is 0 Å². The molecule has 1 aromatic heterocycles. The van der Waals surface area contributed by atoms with Crippen LogP contribution in [0.2, 0.25) is 0 Å². The van der Waals surface area contributed by atoms with Gasteiger partial charge in [0.25, 0.3) is 0 Å². The van der Waals surface area contributed by atoms with E-state index in [-0.39, 0.29) is 11.9 Å². The molecule has 0 fully saturated rings. The van der Waals surface area contributed by atoms with Crippen molar-refractivity contribution in [2.45, 2.75) is 83.3 Å². The summed E-state index contributed by atoms with van der Waals surface area (Å²) in [5.74, 6) is 0.773. The molecule has 2 unspecified atom stereocenters. The lowest BCUT2D eigenvalue weighted by molar-refractivity contribution is -0.119. The molecule has 0 saturated carbocycles. The van der Waals surface area contributed by atoms with Gasteiger partial charge in [-0.3, -0.25) is 4.79 Å². The molecule has 4 nitrogen and oxygen atoms in total. The first kappa shape index (κ1) is 18.9. The summed E-state index contributed by atoms with van der Waals surface area (Å²) in [4.78, 5) is 11.8. The van der Waals surface area contributed by atoms with Crippen LogP contribution in [-0.4, -0.2) is 22.1 Å². The molecule has 0 bridgehead atoms. The predicted octanol–water partition coefficient (Wildman–Crippen LogP) is 4.16. The average molecular weight is 310 g/mol. The van der Waals surface area contributed by atoms with E-state index in [2.05, 4.69) is 6.92 Å². The van der Waals surface area contributed by atoms with Crippen molar-refractivity contribution >= 4 is 5.78 Å². The zero-order chi connectivity index (χ0) is 16.2. The normalized spacial score (nSPS) is 14.0. The average Bonchev–Trinajstić information content (AvgIpc) is 3.01. The van der Waals surface area contributed by atoms with Crippen LogP contribution in [-0.2, 0) is 4.79 Å². The van der Waals surface area contributed by atoms with Gasteiger partial charge in [-0.05, 0) is 44.2 Å². The molecule has 0 aliphatic heterocycles. The van der Waals surface area contributed by atoms with Crippen molar-refractivity contribution in [2.75, 3.05) is 0 Å². The third-order valence-corrected chi connectivity index (χ3v) is 3.94. The molecule has 0 saturated heterocycles. The second kappa shape index (κ2) is 11.4. The van der Waals surface area contributed by atoms with E-state index in [0.29, 0.717) is 37.9 Å². The molecule has 0 aliphatic rings. The van der Waals surface area contributed by atoms with Gasteiger partial charge in [0.1, 0.15) is 17.6 Å². The maximum absolute atomic E-state index is 11.8. The molecule has 1 heterocycles. The highest BCUT2D eigenvalue weighted by atomic mass is 16.4. The van der Waals surface area contributed by atoms with Gasteiger partial charge in [-0.1, -0.05) is 26.2 Å². The highest BCUT2D eigenvalue weighted by molar-refractivity contribution is 5.78. The van der Waals surface area contributed by atoms with Crippen LogP contribution in [0.15, 0.2) is 22.8 Å². The lowest BCUT2D eigenvalue weighted by Gasteiger charge is -2.10. The van der Waals surface area contributed by atoms with Gasteiger partial charge < -0.3 is 14.6 Å². The Hall–Kier alpha value is -1.13. The summed E-state index contributed by atoms with van der Waals surface area (Å²) < 4.78 is 5.12. The number of ketones is 1. The smallest absolute Gasteiger partial charge is 0.132 e. The minimum Gasteiger partial charge on any atom is -0.467 e. The second-order valence-corrected chi connectivity index (χ2v) is 6.00. The molecule has 0 aromatic carbocycles. The van der Waals surface area contributed by atoms with Crippen LogP contribution >= 0.6 is 0 Å². The van der Waals surface area contributed by atoms with E-state index in [1.54, 1.807) is 12.1 Å². The third kappa shape index (κ3) is 8.35. The molecule has 0 spiro atoms. The first-order valence-electron chi connectivity index (χ1n) is 8.54. The number of hydrogen-bond acceptors (Lipinski definition) is 4. The van der Waals surface area contributed by atoms with Gasteiger partial charge in [0.05, 0.1) is 12.4 Å². The predicted molar refractivity (Wildman–Crippen MR) is 86.5 cm³/mol. The van der Waals surface area contributed by atoms with E-state index >= 15 is 0 Å². The lowest BCUT2D eigenvalue weighted by atomic mass is 10.0. The highest BCUT2D eigenvalue weighted by Crippen LogP contribution is 2.20. The summed E-state index contributed by atoms with van der Waals surface area (Å²) in [6, 6.07) is 3.49. The molecule has 1 rings (SSSR count). The number of rotatable bonds is 13. The summed E-state index contributed by atoms with van der Waals surface area (Å²) >= 11 is 0. The van der Waals surface area contributed by atoms with Crippen molar-refractivity contribution < 1.29 is 19.4 Å². The molecular weight excluding hydrogens is 280 g/mol. The van der Waals surface area contributed by atoms with Gasteiger partial charge in [-0.15, -0.1) is 0 Å². The Labute approximate surface area is 133 Å². The molecule has 2 N–H and O–H groups in total. The first-order chi connectivity index (χ1) is 10.6. The molecular formula is C18H30O4. The molecule has 1 aromatic rings. The van der Waals surface area contributed by atoms with Crippen LogP contribution in [0.25, 0.3) is 0 Å². The highest BCUT2D eigenvalue weighted by Gasteiger charge is 2.11. The van der Waals surface area contributed by atoms with Gasteiger partial charge in [-0.25, -0.2) is 0 Å². The maximum atomic E-state index is 11.8. The van der Waals surface area contributed by atoms with Crippen LogP contribution in [0, 0.1) is 0 Å². The lowest BCUT2D eigenvalue weighted by Crippen LogP contribution is -2.08. The Morgan fingerprint density at radius 1 is 1.09 bits per heavy atom. The summed E-state index contributed by atoms with van der Waals surface area (Å²) in [6.45, 7) is 2.15. The Morgan fingerprint density at radius 2 is 1.77 bits per heavy atom. The van der Waals surface area contributed by atoms with Crippen molar-refractivity contribution in [2.24, 2.45) is 0 Å². The quantitative estimate of drug-likeness (QED) is 0.537. The number of unbranched alkanes of at least 4 members (excludes halogenated alkanes) is 2. The standard InChI is InChI=1S/C18H30O4/c1-2-3-4-8-15(19)9-5-10-16(20)11-6-12-17(21)18-13-7-14-22-18/h7,13-15,17,19,21H,2-6,8-12H2,1H3. The summed E-state index contributed by atoms with van der Waals surface area (Å²) in [5, 5.41) is 19.6. The van der Waals surface area contributed by atoms with Crippen LogP contribution in [0.4, 0.5) is 0 Å². The molecule has 126 valence electrons. The van der Waals surface area contributed by atoms with Crippen molar-refractivity contribution in [3.05, 3.63) is 24.2 Å². The van der Waals surface area contributed by atoms with Gasteiger partial charge in [0.2, 0.25) is 0 Å². The van der Waals surface area contributed by atoms with E-state index < -0.39 is 6.10 Å². The number of aliphatic hydroxyl groups excluding tert-OH is 2. The number of Topliss-reactive ketones (excluding diaryl/α,β-unsaturated/α-hetero) is 1. The molecule has 0 amide bonds. The van der Waals surface area contributed by atoms with Crippen LogP contribution in [0.1, 0.15) is 83.0 Å². The zero-order valence-corrected chi connectivity index (χ0v) is 13.7. The van der Waals surface area contributed by atoms with Gasteiger partial charge in [0.15, 0.2) is 0 Å². The monoisotopic (exact) mass is 310 g/mol. The summed E-state index contributed by atoms with van der Waals surface area (Å²) in [5.41, 5.74) is 0. The van der Waals surface area contributed by atoms with E-state index in [1.807, 2.05) is 0 Å². The van der Waals surface area contributed by atoms with E-state index in [4.69, 9.17) is 4.42 Å². The van der Waals surface area contributed by atoms with E-state index in [9.17, 15) is 15.0 Å². The summed E-state index contributed by atoms with van der Waals surface area (Å²) in [6.07, 6.45) is 8.58. The minimum atomic E-state index is -0.622. The van der Waals surface area contributed by atoms with E-state index in [1.165, 1.54) is 6.26 Å². The van der Waals surface area contributed by atoms with Crippen LogP contribution in [0.5, 0.6) is 0 Å². The number of aliphatic hydroxyl groups is 2. The molecule has 0 aliphatic carbocycles. The Kier molecular flexibility index (Phi) is 9.84. The topological polar surface area (TPSA) is 70.7 Å². The molecule has 4 heteroatoms. The number of hydrogen-bond donors (Lipinski definition) is 2. The second-order valence-electron chi connectivity index (χ2n) is 6.00. The fourth-order valence-corrected chi connectivity index (χ4v) is 2.55. The first-order valence-corrected chi connectivity index (χ1v) is 8.54. The Morgan fingerprint density at radius 3 is 2.41 bits per heavy atom. The number of carbonyl (C=O) groups is 1. The van der Waals surface area contributed by atoms with Gasteiger partial charge in [0, 0.05) is 12.8 Å². The van der Waals surface area contributed by atoms with Crippen molar-refractivity contribution in [1.82, 2.24) is 0 Å². The van der Waals surface area contributed by atoms with E-state index in [0.717, 1.165) is 32.1 Å². The minimum absolute atomic E-state index is 0.215. The zero-order valence-electron chi connectivity index (χ0n) is 13.7. The van der Waals surface area contributed by atoms with Crippen molar-refractivity contribution in [3.8, 4) is 0 Å². The molecule has 0 radical (unpaired) electrons. The fourth-order valence-electron chi connectivity index (χ4n) is 2.55. The molecule has 2 atom stereocenters. The SMILES string of the molecule is CCCCCC(O)CCCC(=O)CCCC(O)c1ccco1. The maximum Gasteiger partial charge on any atom is 0.132 e. The fraction of sp³-hybridized carbons (Fsp3) is 0.722. The van der Waals surface area contributed by atoms with Crippen LogP contribution < -0.4 is 0 Å². The van der Waals surface area contributed by atoms with Crippen molar-refractivity contribution in [3.63, 3.8) is 0 Å². The third-order valence-electron chi connectivity index (χ3n) is 3.94. The van der Waals surface area contributed by atoms with Crippen LogP contribution in [0.3, 0.4) is 0 Å². The molecule has 22 heavy (non-hydrogen) atoms.